The maximum absolute atomic E-state index is 12.2. The Morgan fingerprint density at radius 3 is 2.55 bits per heavy atom. The van der Waals surface area contributed by atoms with Gasteiger partial charge in [-0.3, -0.25) is 4.79 Å². The molecule has 1 aromatic carbocycles. The molecular formula is C13H17BrN2O3S. The number of hydrogen-bond acceptors (Lipinski definition) is 3. The third kappa shape index (κ3) is 3.05. The highest BCUT2D eigenvalue weighted by Crippen LogP contribution is 2.35. The molecule has 110 valence electrons. The second-order valence-corrected chi connectivity index (χ2v) is 7.52. The van der Waals surface area contributed by atoms with Crippen LogP contribution in [0.5, 0.6) is 0 Å². The maximum atomic E-state index is 12.2. The van der Waals surface area contributed by atoms with Gasteiger partial charge in [-0.2, -0.15) is 0 Å². The van der Waals surface area contributed by atoms with E-state index in [0.717, 1.165) is 25.7 Å². The van der Waals surface area contributed by atoms with Gasteiger partial charge in [0.1, 0.15) is 0 Å². The summed E-state index contributed by atoms with van der Waals surface area (Å²) in [6.07, 6.45) is 3.91. The highest BCUT2D eigenvalue weighted by molar-refractivity contribution is 9.10. The lowest BCUT2D eigenvalue weighted by molar-refractivity contribution is 0.0820. The van der Waals surface area contributed by atoms with E-state index in [1.807, 2.05) is 6.92 Å². The number of primary sulfonamides is 1. The number of halogens is 1. The van der Waals surface area contributed by atoms with E-state index in [9.17, 15) is 13.2 Å². The van der Waals surface area contributed by atoms with Crippen molar-refractivity contribution in [1.29, 1.82) is 0 Å². The molecule has 3 N–H and O–H groups in total. The first-order valence-corrected chi connectivity index (χ1v) is 8.76. The van der Waals surface area contributed by atoms with Gasteiger partial charge in [-0.15, -0.1) is 0 Å². The van der Waals surface area contributed by atoms with Crippen LogP contribution in [0.2, 0.25) is 0 Å². The maximum Gasteiger partial charge on any atom is 0.251 e. The number of benzene rings is 1. The first kappa shape index (κ1) is 15.5. The van der Waals surface area contributed by atoms with Gasteiger partial charge in [0, 0.05) is 15.6 Å². The Morgan fingerprint density at radius 2 is 2.10 bits per heavy atom. The minimum absolute atomic E-state index is 0.0793. The predicted molar refractivity (Wildman–Crippen MR) is 79.9 cm³/mol. The van der Waals surface area contributed by atoms with E-state index in [4.69, 9.17) is 5.14 Å². The summed E-state index contributed by atoms with van der Waals surface area (Å²) in [6.45, 7) is 2.04. The van der Waals surface area contributed by atoms with E-state index >= 15 is 0 Å². The van der Waals surface area contributed by atoms with E-state index in [-0.39, 0.29) is 16.3 Å². The number of sulfonamides is 1. The smallest absolute Gasteiger partial charge is 0.251 e. The Labute approximate surface area is 127 Å². The van der Waals surface area contributed by atoms with Crippen LogP contribution in [0.1, 0.15) is 43.0 Å². The minimum atomic E-state index is -3.86. The van der Waals surface area contributed by atoms with E-state index in [0.29, 0.717) is 10.0 Å². The molecule has 0 radical (unpaired) electrons. The average molecular weight is 361 g/mol. The van der Waals surface area contributed by atoms with Gasteiger partial charge in [0.25, 0.3) is 5.91 Å². The molecule has 0 aromatic heterocycles. The topological polar surface area (TPSA) is 89.3 Å². The first-order chi connectivity index (χ1) is 9.27. The molecule has 0 unspecified atom stereocenters. The molecule has 1 amide bonds. The van der Waals surface area contributed by atoms with Crippen LogP contribution in [0.4, 0.5) is 0 Å². The van der Waals surface area contributed by atoms with Crippen LogP contribution in [0.15, 0.2) is 27.6 Å². The molecule has 20 heavy (non-hydrogen) atoms. The van der Waals surface area contributed by atoms with Gasteiger partial charge in [0.05, 0.1) is 4.90 Å². The molecule has 0 atom stereocenters. The van der Waals surface area contributed by atoms with Crippen molar-refractivity contribution >= 4 is 31.9 Å². The number of carbonyl (C=O) groups is 1. The molecular weight excluding hydrogens is 344 g/mol. The highest BCUT2D eigenvalue weighted by atomic mass is 79.9. The van der Waals surface area contributed by atoms with Crippen LogP contribution >= 0.6 is 15.9 Å². The van der Waals surface area contributed by atoms with Crippen molar-refractivity contribution in [2.24, 2.45) is 5.14 Å². The summed E-state index contributed by atoms with van der Waals surface area (Å²) in [5.74, 6) is -0.260. The summed E-state index contributed by atoms with van der Waals surface area (Å²) >= 11 is 3.12. The number of nitrogens with two attached hydrogens (primary N) is 1. The summed E-state index contributed by atoms with van der Waals surface area (Å²) < 4.78 is 23.3. The number of carbonyl (C=O) groups excluding carboxylic acids is 1. The molecule has 1 aromatic rings. The molecule has 0 heterocycles. The fraction of sp³-hybridized carbons (Fsp3) is 0.462. The summed E-state index contributed by atoms with van der Waals surface area (Å²) in [6, 6.07) is 4.40. The van der Waals surface area contributed by atoms with Crippen molar-refractivity contribution in [3.05, 3.63) is 28.2 Å². The fourth-order valence-corrected chi connectivity index (χ4v) is 3.90. The third-order valence-electron chi connectivity index (χ3n) is 3.87. The molecule has 1 fully saturated rings. The zero-order chi connectivity index (χ0) is 15.0. The van der Waals surface area contributed by atoms with E-state index < -0.39 is 10.0 Å². The molecule has 1 aliphatic rings. The molecule has 0 saturated heterocycles. The summed E-state index contributed by atoms with van der Waals surface area (Å²) in [5.41, 5.74) is 0.170. The standard InChI is InChI=1S/C13H17BrN2O3S/c1-2-13(6-3-7-13)16-12(17)9-4-5-10(14)11(8-9)20(15,18)19/h4-5,8H,2-3,6-7H2,1H3,(H,16,17)(H2,15,18,19). The quantitative estimate of drug-likeness (QED) is 0.861. The lowest BCUT2D eigenvalue weighted by Gasteiger charge is -2.42. The van der Waals surface area contributed by atoms with Gasteiger partial charge in [0.2, 0.25) is 10.0 Å². The Bertz CT molecular complexity index is 634. The van der Waals surface area contributed by atoms with Gasteiger partial charge < -0.3 is 5.32 Å². The van der Waals surface area contributed by atoms with Crippen LogP contribution in [-0.2, 0) is 10.0 Å². The second-order valence-electron chi connectivity index (χ2n) is 5.13. The summed E-state index contributed by atoms with van der Waals surface area (Å²) in [5, 5.41) is 8.13. The first-order valence-electron chi connectivity index (χ1n) is 6.42. The highest BCUT2D eigenvalue weighted by Gasteiger charge is 2.36. The Balaban J connectivity index is 2.27. The Hall–Kier alpha value is -0.920. The normalized spacial score (nSPS) is 17.4. The van der Waals surface area contributed by atoms with Crippen molar-refractivity contribution in [3.63, 3.8) is 0 Å². The van der Waals surface area contributed by atoms with Crippen LogP contribution in [-0.4, -0.2) is 19.9 Å². The number of rotatable bonds is 4. The van der Waals surface area contributed by atoms with Gasteiger partial charge in [-0.1, -0.05) is 6.92 Å². The Morgan fingerprint density at radius 1 is 1.45 bits per heavy atom. The van der Waals surface area contributed by atoms with Crippen molar-refractivity contribution in [2.75, 3.05) is 0 Å². The van der Waals surface area contributed by atoms with Gasteiger partial charge in [0.15, 0.2) is 0 Å². The van der Waals surface area contributed by atoms with Gasteiger partial charge in [-0.25, -0.2) is 13.6 Å². The molecule has 0 spiro atoms. The lowest BCUT2D eigenvalue weighted by atomic mass is 9.74. The summed E-state index contributed by atoms with van der Waals surface area (Å²) in [7, 11) is -3.86. The summed E-state index contributed by atoms with van der Waals surface area (Å²) in [4.78, 5) is 12.2. The molecule has 2 rings (SSSR count). The third-order valence-corrected chi connectivity index (χ3v) is 5.77. The monoisotopic (exact) mass is 360 g/mol. The number of nitrogens with one attached hydrogen (secondary N) is 1. The van der Waals surface area contributed by atoms with E-state index in [1.165, 1.54) is 12.1 Å². The van der Waals surface area contributed by atoms with Crippen LogP contribution in [0, 0.1) is 0 Å². The second kappa shape index (κ2) is 5.46. The molecule has 1 aliphatic carbocycles. The number of amides is 1. The largest absolute Gasteiger partial charge is 0.347 e. The van der Waals surface area contributed by atoms with Crippen LogP contribution in [0.3, 0.4) is 0 Å². The predicted octanol–water partition coefficient (Wildman–Crippen LogP) is 2.16. The SMILES string of the molecule is CCC1(NC(=O)c2ccc(Br)c(S(N)(=O)=O)c2)CCC1. The number of hydrogen-bond donors (Lipinski definition) is 2. The zero-order valence-corrected chi connectivity index (χ0v) is 13.6. The van der Waals surface area contributed by atoms with Crippen molar-refractivity contribution < 1.29 is 13.2 Å². The molecule has 0 bridgehead atoms. The van der Waals surface area contributed by atoms with Crippen LogP contribution in [0.25, 0.3) is 0 Å². The lowest BCUT2D eigenvalue weighted by Crippen LogP contribution is -2.53. The van der Waals surface area contributed by atoms with Gasteiger partial charge in [-0.05, 0) is 59.8 Å². The Kier molecular flexibility index (Phi) is 4.22. The minimum Gasteiger partial charge on any atom is -0.347 e. The van der Waals surface area contributed by atoms with Crippen molar-refractivity contribution in [1.82, 2.24) is 5.32 Å². The zero-order valence-electron chi connectivity index (χ0n) is 11.1. The van der Waals surface area contributed by atoms with Crippen molar-refractivity contribution in [2.45, 2.75) is 43.0 Å². The van der Waals surface area contributed by atoms with Crippen LogP contribution < -0.4 is 10.5 Å². The van der Waals surface area contributed by atoms with Crippen molar-refractivity contribution in [3.8, 4) is 0 Å². The molecule has 0 aliphatic heterocycles. The van der Waals surface area contributed by atoms with E-state index in [1.54, 1.807) is 6.07 Å². The molecule has 5 nitrogen and oxygen atoms in total. The fourth-order valence-electron chi connectivity index (χ4n) is 2.35. The average Bonchev–Trinajstić information content (AvgIpc) is 2.32. The van der Waals surface area contributed by atoms with Gasteiger partial charge >= 0.3 is 0 Å². The van der Waals surface area contributed by atoms with E-state index in [2.05, 4.69) is 21.2 Å². The molecule has 1 saturated carbocycles. The molecule has 7 heteroatoms.